The summed E-state index contributed by atoms with van der Waals surface area (Å²) in [7, 11) is 4.33. The van der Waals surface area contributed by atoms with Gasteiger partial charge in [0.05, 0.1) is 46.3 Å². The molecule has 0 aliphatic rings. The van der Waals surface area contributed by atoms with E-state index in [1.807, 2.05) is 17.5 Å². The van der Waals surface area contributed by atoms with Gasteiger partial charge in [-0.2, -0.15) is 0 Å². The molecule has 2 N–H and O–H groups in total. The van der Waals surface area contributed by atoms with Gasteiger partial charge >= 0.3 is 5.97 Å². The van der Waals surface area contributed by atoms with Crippen LogP contribution in [0.4, 0.5) is 0 Å². The third kappa shape index (κ3) is 6.48. The first-order valence-electron chi connectivity index (χ1n) is 9.26. The maximum absolute atomic E-state index is 12.8. The lowest BCUT2D eigenvalue weighted by atomic mass is 10.0. The van der Waals surface area contributed by atoms with Gasteiger partial charge in [-0.25, -0.2) is 0 Å². The van der Waals surface area contributed by atoms with Gasteiger partial charge in [0.15, 0.2) is 11.5 Å². The molecule has 2 rings (SSSR count). The number of amides is 2. The second kappa shape index (κ2) is 11.2. The zero-order valence-electron chi connectivity index (χ0n) is 17.4. The van der Waals surface area contributed by atoms with Crippen LogP contribution >= 0.6 is 11.3 Å². The van der Waals surface area contributed by atoms with Crippen molar-refractivity contribution in [3.8, 4) is 11.5 Å². The van der Waals surface area contributed by atoms with Gasteiger partial charge in [-0.15, -0.1) is 11.3 Å². The molecule has 0 saturated carbocycles. The van der Waals surface area contributed by atoms with Gasteiger partial charge in [-0.1, -0.05) is 12.1 Å². The summed E-state index contributed by atoms with van der Waals surface area (Å²) < 4.78 is 15.3. The predicted molar refractivity (Wildman–Crippen MR) is 113 cm³/mol. The Morgan fingerprint density at radius 1 is 0.967 bits per heavy atom. The summed E-state index contributed by atoms with van der Waals surface area (Å²) in [6.07, 6.45) is -0.0212. The van der Waals surface area contributed by atoms with Crippen LogP contribution in [0.5, 0.6) is 11.5 Å². The molecule has 0 radical (unpaired) electrons. The first-order chi connectivity index (χ1) is 14.4. The van der Waals surface area contributed by atoms with Crippen LogP contribution in [0, 0.1) is 0 Å². The molecule has 0 spiro atoms. The molecule has 0 saturated heterocycles. The molecule has 0 aliphatic heterocycles. The highest BCUT2D eigenvalue weighted by atomic mass is 32.1. The number of hydrogen-bond donors (Lipinski definition) is 2. The molecule has 2 unspecified atom stereocenters. The lowest BCUT2D eigenvalue weighted by molar-refractivity contribution is -0.141. The topological polar surface area (TPSA) is 103 Å². The first kappa shape index (κ1) is 23.2. The van der Waals surface area contributed by atoms with Gasteiger partial charge in [-0.05, 0) is 29.1 Å². The fraction of sp³-hybridized carbons (Fsp3) is 0.381. The number of esters is 1. The number of benzene rings is 1. The maximum Gasteiger partial charge on any atom is 0.307 e. The van der Waals surface area contributed by atoms with Crippen molar-refractivity contribution < 1.29 is 28.6 Å². The van der Waals surface area contributed by atoms with Crippen molar-refractivity contribution in [3.63, 3.8) is 0 Å². The minimum absolute atomic E-state index is 0.0328. The summed E-state index contributed by atoms with van der Waals surface area (Å²) in [5.41, 5.74) is 0.665. The number of carbonyl (C=O) groups excluding carboxylic acids is 3. The molecule has 1 heterocycles. The van der Waals surface area contributed by atoms with E-state index < -0.39 is 18.1 Å². The Labute approximate surface area is 179 Å². The number of hydrogen-bond acceptors (Lipinski definition) is 7. The molecule has 8 nitrogen and oxygen atoms in total. The van der Waals surface area contributed by atoms with Crippen LogP contribution in [0.2, 0.25) is 0 Å². The van der Waals surface area contributed by atoms with Crippen molar-refractivity contribution >= 4 is 29.1 Å². The highest BCUT2D eigenvalue weighted by molar-refractivity contribution is 7.10. The Hall–Kier alpha value is -3.07. The Morgan fingerprint density at radius 2 is 1.70 bits per heavy atom. The maximum atomic E-state index is 12.8. The minimum Gasteiger partial charge on any atom is -0.493 e. The summed E-state index contributed by atoms with van der Waals surface area (Å²) in [6, 6.07) is 7.79. The standard InChI is InChI=1S/C21H26N2O6S/c1-13(24)22-16(19-6-5-9-30-19)11-20(25)23-15(12-21(26)29-4)14-7-8-17(27-2)18(10-14)28-3/h5-10,15-16H,11-12H2,1-4H3,(H,22,24)(H,23,25). The minimum atomic E-state index is -0.633. The quantitative estimate of drug-likeness (QED) is 0.558. The molecule has 0 fully saturated rings. The second-order valence-corrected chi connectivity index (χ2v) is 7.47. The van der Waals surface area contributed by atoms with Crippen LogP contribution < -0.4 is 20.1 Å². The number of ether oxygens (including phenoxy) is 3. The van der Waals surface area contributed by atoms with E-state index in [9.17, 15) is 14.4 Å². The van der Waals surface area contributed by atoms with Crippen LogP contribution in [0.25, 0.3) is 0 Å². The third-order valence-electron chi connectivity index (χ3n) is 4.40. The van der Waals surface area contributed by atoms with Gasteiger partial charge in [0.25, 0.3) is 0 Å². The van der Waals surface area contributed by atoms with Crippen LogP contribution in [0.3, 0.4) is 0 Å². The molecular formula is C21H26N2O6S. The summed E-state index contributed by atoms with van der Waals surface area (Å²) >= 11 is 1.45. The van der Waals surface area contributed by atoms with E-state index in [-0.39, 0.29) is 24.7 Å². The molecule has 1 aromatic carbocycles. The summed E-state index contributed by atoms with van der Waals surface area (Å²) in [4.78, 5) is 37.2. The van der Waals surface area contributed by atoms with Crippen molar-refractivity contribution in [2.24, 2.45) is 0 Å². The number of carbonyl (C=O) groups is 3. The Kier molecular flexibility index (Phi) is 8.67. The largest absolute Gasteiger partial charge is 0.493 e. The molecular weight excluding hydrogens is 408 g/mol. The van der Waals surface area contributed by atoms with Crippen LogP contribution in [0.15, 0.2) is 35.7 Å². The van der Waals surface area contributed by atoms with Crippen molar-refractivity contribution in [2.75, 3.05) is 21.3 Å². The van der Waals surface area contributed by atoms with Crippen LogP contribution in [0.1, 0.15) is 42.3 Å². The van der Waals surface area contributed by atoms with Crippen molar-refractivity contribution in [1.29, 1.82) is 0 Å². The molecule has 1 aromatic heterocycles. The molecule has 0 bridgehead atoms. The zero-order valence-corrected chi connectivity index (χ0v) is 18.2. The smallest absolute Gasteiger partial charge is 0.307 e. The lowest BCUT2D eigenvalue weighted by Gasteiger charge is -2.22. The van der Waals surface area contributed by atoms with Crippen molar-refractivity contribution in [2.45, 2.75) is 31.8 Å². The monoisotopic (exact) mass is 434 g/mol. The van der Waals surface area contributed by atoms with E-state index in [2.05, 4.69) is 10.6 Å². The van der Waals surface area contributed by atoms with Gasteiger partial charge < -0.3 is 24.8 Å². The highest BCUT2D eigenvalue weighted by Crippen LogP contribution is 2.31. The third-order valence-corrected chi connectivity index (χ3v) is 5.38. The van der Waals surface area contributed by atoms with Gasteiger partial charge in [0.1, 0.15) is 0 Å². The molecule has 9 heteroatoms. The fourth-order valence-electron chi connectivity index (χ4n) is 2.97. The number of nitrogens with one attached hydrogen (secondary N) is 2. The Bertz CT molecular complexity index is 868. The lowest BCUT2D eigenvalue weighted by Crippen LogP contribution is -2.35. The van der Waals surface area contributed by atoms with E-state index in [4.69, 9.17) is 14.2 Å². The first-order valence-corrected chi connectivity index (χ1v) is 10.1. The molecule has 2 atom stereocenters. The molecule has 2 aromatic rings. The van der Waals surface area contributed by atoms with Gasteiger partial charge in [0.2, 0.25) is 11.8 Å². The van der Waals surface area contributed by atoms with E-state index >= 15 is 0 Å². The van der Waals surface area contributed by atoms with E-state index in [0.717, 1.165) is 4.88 Å². The molecule has 162 valence electrons. The molecule has 0 aliphatic carbocycles. The van der Waals surface area contributed by atoms with Crippen LogP contribution in [-0.2, 0) is 19.1 Å². The van der Waals surface area contributed by atoms with E-state index in [0.29, 0.717) is 17.1 Å². The average Bonchev–Trinajstić information content (AvgIpc) is 3.26. The second-order valence-electron chi connectivity index (χ2n) is 6.49. The van der Waals surface area contributed by atoms with E-state index in [1.165, 1.54) is 39.6 Å². The Balaban J connectivity index is 2.22. The normalized spacial score (nSPS) is 12.4. The SMILES string of the molecule is COC(=O)CC(NC(=O)CC(NC(C)=O)c1cccs1)c1ccc(OC)c(OC)c1. The van der Waals surface area contributed by atoms with Gasteiger partial charge in [-0.3, -0.25) is 14.4 Å². The number of rotatable bonds is 10. The van der Waals surface area contributed by atoms with E-state index in [1.54, 1.807) is 18.2 Å². The van der Waals surface area contributed by atoms with Crippen molar-refractivity contribution in [1.82, 2.24) is 10.6 Å². The highest BCUT2D eigenvalue weighted by Gasteiger charge is 2.24. The molecule has 30 heavy (non-hydrogen) atoms. The van der Waals surface area contributed by atoms with Gasteiger partial charge in [0, 0.05) is 11.8 Å². The summed E-state index contributed by atoms with van der Waals surface area (Å²) in [5, 5.41) is 7.54. The van der Waals surface area contributed by atoms with Crippen LogP contribution in [-0.4, -0.2) is 39.1 Å². The summed E-state index contributed by atoms with van der Waals surface area (Å²) in [6.45, 7) is 1.40. The summed E-state index contributed by atoms with van der Waals surface area (Å²) in [5.74, 6) is 0.00595. The molecule has 2 amide bonds. The van der Waals surface area contributed by atoms with Crippen molar-refractivity contribution in [3.05, 3.63) is 46.2 Å². The number of methoxy groups -OCH3 is 3. The predicted octanol–water partition coefficient (Wildman–Crippen LogP) is 2.75. The average molecular weight is 435 g/mol. The number of thiophene rings is 1. The Morgan fingerprint density at radius 3 is 2.27 bits per heavy atom. The fourth-order valence-corrected chi connectivity index (χ4v) is 3.75. The zero-order chi connectivity index (χ0) is 22.1.